The molecular formula is C6H5N3O. The minimum absolute atomic E-state index is 0.542. The Balaban J connectivity index is 2.67. The Labute approximate surface area is 57.1 Å². The average molecular weight is 135 g/mol. The lowest BCUT2D eigenvalue weighted by Gasteiger charge is -1.82. The Bertz CT molecular complexity index is 296. The van der Waals surface area contributed by atoms with Gasteiger partial charge in [-0.2, -0.15) is 9.72 Å². The van der Waals surface area contributed by atoms with Crippen molar-refractivity contribution in [3.05, 3.63) is 19.1 Å². The monoisotopic (exact) mass is 135 g/mol. The van der Waals surface area contributed by atoms with Gasteiger partial charge in [0.15, 0.2) is 0 Å². The Hall–Kier alpha value is -1.58. The van der Waals surface area contributed by atoms with Crippen molar-refractivity contribution < 1.29 is 4.52 Å². The van der Waals surface area contributed by atoms with E-state index in [1.165, 1.54) is 11.1 Å². The summed E-state index contributed by atoms with van der Waals surface area (Å²) in [4.78, 5) is 7.75. The van der Waals surface area contributed by atoms with E-state index in [4.69, 9.17) is 4.52 Å². The number of nitrogens with zero attached hydrogens (tertiary/aromatic N) is 3. The Kier molecular flexibility index (Phi) is 0.887. The zero-order valence-corrected chi connectivity index (χ0v) is 5.19. The van der Waals surface area contributed by atoms with Crippen molar-refractivity contribution in [2.75, 3.05) is 0 Å². The minimum Gasteiger partial charge on any atom is -0.353 e. The summed E-state index contributed by atoms with van der Waals surface area (Å²) >= 11 is 0. The fourth-order valence-electron chi connectivity index (χ4n) is 0.760. The van der Waals surface area contributed by atoms with Crippen LogP contribution in [0.3, 0.4) is 0 Å². The number of hydrogen-bond acceptors (Lipinski definition) is 3. The van der Waals surface area contributed by atoms with Gasteiger partial charge < -0.3 is 4.52 Å². The van der Waals surface area contributed by atoms with Crippen LogP contribution in [0.2, 0.25) is 0 Å². The lowest BCUT2D eigenvalue weighted by molar-refractivity contribution is 0.367. The predicted octanol–water partition coefficient (Wildman–Crippen LogP) is 1.08. The van der Waals surface area contributed by atoms with Gasteiger partial charge in [-0.05, 0) is 0 Å². The maximum absolute atomic E-state index is 5.08. The summed E-state index contributed by atoms with van der Waals surface area (Å²) in [7, 11) is 0. The van der Waals surface area contributed by atoms with Crippen molar-refractivity contribution in [3.63, 3.8) is 0 Å². The summed E-state index contributed by atoms with van der Waals surface area (Å²) in [5.41, 5.74) is 0.750. The largest absolute Gasteiger partial charge is 0.353 e. The molecule has 0 aromatic carbocycles. The Morgan fingerprint density at radius 3 is 3.20 bits per heavy atom. The third-order valence-electron chi connectivity index (χ3n) is 1.21. The molecule has 0 bridgehead atoms. The molecule has 10 heavy (non-hydrogen) atoms. The summed E-state index contributed by atoms with van der Waals surface area (Å²) in [6.45, 7) is 3.52. The maximum atomic E-state index is 5.08. The van der Waals surface area contributed by atoms with Crippen molar-refractivity contribution in [2.45, 2.75) is 0 Å². The van der Waals surface area contributed by atoms with Gasteiger partial charge in [0.1, 0.15) is 12.0 Å². The van der Waals surface area contributed by atoms with Gasteiger partial charge in [0.25, 0.3) is 5.89 Å². The summed E-state index contributed by atoms with van der Waals surface area (Å²) in [6, 6.07) is 0. The summed E-state index contributed by atoms with van der Waals surface area (Å²) in [5, 5.41) is 0. The first-order valence-corrected chi connectivity index (χ1v) is 2.81. The van der Waals surface area contributed by atoms with Crippen LogP contribution >= 0.6 is 0 Å². The molecule has 0 fully saturated rings. The van der Waals surface area contributed by atoms with E-state index in [0.29, 0.717) is 5.89 Å². The van der Waals surface area contributed by atoms with Gasteiger partial charge in [0.05, 0.1) is 6.20 Å². The van der Waals surface area contributed by atoms with Gasteiger partial charge in [-0.25, -0.2) is 4.98 Å². The summed E-state index contributed by atoms with van der Waals surface area (Å²) < 4.78 is 6.55. The second-order valence-electron chi connectivity index (χ2n) is 1.83. The van der Waals surface area contributed by atoms with Gasteiger partial charge in [-0.3, -0.25) is 0 Å². The number of hydrogen-bond donors (Lipinski definition) is 0. The maximum Gasteiger partial charge on any atom is 0.275 e. The highest BCUT2D eigenvalue weighted by Crippen LogP contribution is 2.16. The number of imidazole rings is 1. The molecule has 0 amide bonds. The Morgan fingerprint density at radius 1 is 1.60 bits per heavy atom. The molecule has 0 aromatic rings. The average Bonchev–Trinajstić information content (AvgIpc) is 2.42. The zero-order valence-electron chi connectivity index (χ0n) is 5.19. The van der Waals surface area contributed by atoms with E-state index in [2.05, 4.69) is 16.5 Å². The smallest absolute Gasteiger partial charge is 0.275 e. The number of fused-ring (bicyclic) bond motifs is 1. The van der Waals surface area contributed by atoms with Crippen LogP contribution < -0.4 is 0 Å². The van der Waals surface area contributed by atoms with Crippen LogP contribution in [-0.4, -0.2) is 14.7 Å². The first-order valence-electron chi connectivity index (χ1n) is 2.81. The molecule has 2 heterocycles. The van der Waals surface area contributed by atoms with Crippen LogP contribution in [0.5, 0.6) is 0 Å². The quantitative estimate of drug-likeness (QED) is 0.587. The molecule has 0 aromatic heterocycles. The molecule has 2 rings (SSSR count). The molecule has 2 aliphatic rings. The third-order valence-corrected chi connectivity index (χ3v) is 1.21. The zero-order chi connectivity index (χ0) is 6.97. The van der Waals surface area contributed by atoms with Gasteiger partial charge >= 0.3 is 0 Å². The van der Waals surface area contributed by atoms with E-state index in [-0.39, 0.29) is 0 Å². The fraction of sp³-hybridized carbons (Fsp3) is 0. The topological polar surface area (TPSA) is 43.9 Å². The predicted molar refractivity (Wildman–Crippen MR) is 35.3 cm³/mol. The highest BCUT2D eigenvalue weighted by atomic mass is 16.5. The van der Waals surface area contributed by atoms with Gasteiger partial charge in [-0.1, -0.05) is 6.58 Å². The minimum atomic E-state index is 0.542. The summed E-state index contributed by atoms with van der Waals surface area (Å²) in [6.07, 6.45) is 4.72. The molecule has 50 valence electrons. The SMILES string of the molecule is C=Cn1cc2ncnc-2o1. The van der Waals surface area contributed by atoms with Crippen molar-refractivity contribution >= 4 is 6.20 Å². The molecular weight excluding hydrogens is 130 g/mol. The van der Waals surface area contributed by atoms with Crippen LogP contribution in [0, 0.1) is 0 Å². The molecule has 0 radical (unpaired) electrons. The lowest BCUT2D eigenvalue weighted by Crippen LogP contribution is -1.74. The second-order valence-corrected chi connectivity index (χ2v) is 1.83. The van der Waals surface area contributed by atoms with Crippen LogP contribution in [-0.2, 0) is 0 Å². The highest BCUT2D eigenvalue weighted by molar-refractivity contribution is 5.47. The molecule has 0 aliphatic carbocycles. The molecule has 0 spiro atoms. The van der Waals surface area contributed by atoms with Gasteiger partial charge in [0.2, 0.25) is 0 Å². The molecule has 2 aliphatic heterocycles. The normalized spacial score (nSPS) is 10.4. The first-order chi connectivity index (χ1) is 4.90. The van der Waals surface area contributed by atoms with Crippen LogP contribution in [0.15, 0.2) is 23.6 Å². The van der Waals surface area contributed by atoms with Crippen LogP contribution in [0.4, 0.5) is 0 Å². The molecule has 0 atom stereocenters. The van der Waals surface area contributed by atoms with E-state index < -0.39 is 0 Å². The van der Waals surface area contributed by atoms with Crippen molar-refractivity contribution in [3.8, 4) is 11.6 Å². The molecule has 0 saturated carbocycles. The highest BCUT2D eigenvalue weighted by Gasteiger charge is 2.09. The van der Waals surface area contributed by atoms with Gasteiger partial charge in [0, 0.05) is 6.20 Å². The van der Waals surface area contributed by atoms with Crippen molar-refractivity contribution in [2.24, 2.45) is 0 Å². The van der Waals surface area contributed by atoms with Crippen molar-refractivity contribution in [1.29, 1.82) is 0 Å². The van der Waals surface area contributed by atoms with E-state index in [0.717, 1.165) is 5.69 Å². The van der Waals surface area contributed by atoms with E-state index in [1.54, 1.807) is 12.4 Å². The summed E-state index contributed by atoms with van der Waals surface area (Å²) in [5.74, 6) is 0.542. The number of rotatable bonds is 1. The third kappa shape index (κ3) is 0.556. The first kappa shape index (κ1) is 5.22. The van der Waals surface area contributed by atoms with Gasteiger partial charge in [-0.15, -0.1) is 0 Å². The number of aromatic nitrogens is 3. The van der Waals surface area contributed by atoms with E-state index >= 15 is 0 Å². The molecule has 0 saturated heterocycles. The molecule has 4 heteroatoms. The standard InChI is InChI=1S/C6H5N3O/c1-2-9-3-5-6(10-9)8-4-7-5/h2-4H,1H2. The molecule has 0 unspecified atom stereocenters. The second kappa shape index (κ2) is 1.70. The van der Waals surface area contributed by atoms with Crippen molar-refractivity contribution in [1.82, 2.24) is 14.7 Å². The van der Waals surface area contributed by atoms with Crippen LogP contribution in [0.25, 0.3) is 17.8 Å². The fourth-order valence-corrected chi connectivity index (χ4v) is 0.760. The molecule has 4 nitrogen and oxygen atoms in total. The van der Waals surface area contributed by atoms with E-state index in [1.807, 2.05) is 0 Å². The molecule has 0 N–H and O–H groups in total. The van der Waals surface area contributed by atoms with Crippen LogP contribution in [0.1, 0.15) is 0 Å². The van der Waals surface area contributed by atoms with E-state index in [9.17, 15) is 0 Å². The lowest BCUT2D eigenvalue weighted by atomic mass is 10.5. The Morgan fingerprint density at radius 2 is 2.50 bits per heavy atom.